The molecule has 1 N–H and O–H groups in total. The molecule has 1 aromatic heterocycles. The Morgan fingerprint density at radius 3 is 2.12 bits per heavy atom. The lowest BCUT2D eigenvalue weighted by molar-refractivity contribution is 0.389. The van der Waals surface area contributed by atoms with Crippen molar-refractivity contribution >= 4 is 0 Å². The van der Waals surface area contributed by atoms with Crippen molar-refractivity contribution in [2.24, 2.45) is 0 Å². The van der Waals surface area contributed by atoms with Crippen LogP contribution in [0.5, 0.6) is 0 Å². The molecule has 1 heterocycles. The van der Waals surface area contributed by atoms with Gasteiger partial charge in [0.1, 0.15) is 5.82 Å². The van der Waals surface area contributed by atoms with Gasteiger partial charge >= 0.3 is 0 Å². The smallest absolute Gasteiger partial charge is 0.142 e. The highest BCUT2D eigenvalue weighted by atomic mass is 15.1. The number of likely N-dealkylation sites (N-methyl/N-ethyl adjacent to an activating group) is 1. The summed E-state index contributed by atoms with van der Waals surface area (Å²) < 4.78 is 0. The summed E-state index contributed by atoms with van der Waals surface area (Å²) in [6.45, 7) is 5.91. The van der Waals surface area contributed by atoms with Crippen LogP contribution < -0.4 is 5.32 Å². The topological polar surface area (TPSA) is 41.1 Å². The van der Waals surface area contributed by atoms with Crippen LogP contribution in [-0.2, 0) is 13.0 Å². The summed E-state index contributed by atoms with van der Waals surface area (Å²) in [4.78, 5) is 11.2. The van der Waals surface area contributed by atoms with Crippen LogP contribution >= 0.6 is 0 Å². The summed E-state index contributed by atoms with van der Waals surface area (Å²) in [6.07, 6.45) is 0.996. The third kappa shape index (κ3) is 3.54. The maximum Gasteiger partial charge on any atom is 0.142 e. The van der Waals surface area contributed by atoms with Crippen LogP contribution in [0.4, 0.5) is 0 Å². The van der Waals surface area contributed by atoms with Crippen molar-refractivity contribution in [3.8, 4) is 0 Å². The van der Waals surface area contributed by atoms with Gasteiger partial charge < -0.3 is 10.2 Å². The number of nitrogens with zero attached hydrogens (tertiary/aromatic N) is 3. The summed E-state index contributed by atoms with van der Waals surface area (Å²) in [5.41, 5.74) is 3.50. The highest BCUT2D eigenvalue weighted by molar-refractivity contribution is 5.24. The van der Waals surface area contributed by atoms with Gasteiger partial charge in [-0.25, -0.2) is 9.97 Å². The zero-order valence-corrected chi connectivity index (χ0v) is 11.0. The highest BCUT2D eigenvalue weighted by Crippen LogP contribution is 2.11. The Morgan fingerprint density at radius 1 is 1.12 bits per heavy atom. The van der Waals surface area contributed by atoms with E-state index in [0.717, 1.165) is 36.7 Å². The summed E-state index contributed by atoms with van der Waals surface area (Å²) in [5, 5.41) is 3.15. The molecule has 0 saturated heterocycles. The molecule has 4 nitrogen and oxygen atoms in total. The Morgan fingerprint density at radius 2 is 1.69 bits per heavy atom. The van der Waals surface area contributed by atoms with E-state index >= 15 is 0 Å². The van der Waals surface area contributed by atoms with Gasteiger partial charge in [0.2, 0.25) is 0 Å². The molecule has 4 heteroatoms. The third-order valence-electron chi connectivity index (χ3n) is 2.55. The molecule has 1 aromatic rings. The van der Waals surface area contributed by atoms with E-state index in [1.54, 1.807) is 0 Å². The largest absolute Gasteiger partial charge is 0.319 e. The number of rotatable bonds is 5. The van der Waals surface area contributed by atoms with E-state index in [0.29, 0.717) is 0 Å². The minimum Gasteiger partial charge on any atom is -0.319 e. The van der Waals surface area contributed by atoms with Gasteiger partial charge in [-0.2, -0.15) is 0 Å². The summed E-state index contributed by atoms with van der Waals surface area (Å²) >= 11 is 0. The molecular weight excluding hydrogens is 200 g/mol. The Hall–Kier alpha value is -1.00. The fraction of sp³-hybridized carbons (Fsp3) is 0.667. The average Bonchev–Trinajstić information content (AvgIpc) is 2.15. The van der Waals surface area contributed by atoms with Gasteiger partial charge in [-0.15, -0.1) is 0 Å². The van der Waals surface area contributed by atoms with Crippen LogP contribution in [0.1, 0.15) is 22.8 Å². The van der Waals surface area contributed by atoms with Crippen molar-refractivity contribution < 1.29 is 0 Å². The van der Waals surface area contributed by atoms with Gasteiger partial charge in [0.15, 0.2) is 0 Å². The molecule has 90 valence electrons. The summed E-state index contributed by atoms with van der Waals surface area (Å²) in [7, 11) is 6.03. The zero-order valence-electron chi connectivity index (χ0n) is 11.0. The number of nitrogens with one attached hydrogen (secondary N) is 1. The fourth-order valence-corrected chi connectivity index (χ4v) is 1.77. The van der Waals surface area contributed by atoms with Crippen molar-refractivity contribution in [1.82, 2.24) is 20.2 Å². The molecule has 0 radical (unpaired) electrons. The molecule has 0 fully saturated rings. The second-order valence-electron chi connectivity index (χ2n) is 4.38. The normalized spacial score (nSPS) is 11.1. The monoisotopic (exact) mass is 222 g/mol. The first-order valence-corrected chi connectivity index (χ1v) is 5.67. The predicted molar refractivity (Wildman–Crippen MR) is 66.5 cm³/mol. The van der Waals surface area contributed by atoms with Gasteiger partial charge in [0, 0.05) is 11.4 Å². The Kier molecular flexibility index (Phi) is 4.83. The first-order chi connectivity index (χ1) is 7.54. The molecule has 0 unspecified atom stereocenters. The van der Waals surface area contributed by atoms with Crippen LogP contribution in [-0.4, -0.2) is 42.6 Å². The molecule has 1 rings (SSSR count). The molecule has 0 aliphatic rings. The molecular formula is C12H22N4. The summed E-state index contributed by atoms with van der Waals surface area (Å²) in [5.74, 6) is 0.910. The first-order valence-electron chi connectivity index (χ1n) is 5.67. The maximum absolute atomic E-state index is 4.55. The van der Waals surface area contributed by atoms with E-state index < -0.39 is 0 Å². The van der Waals surface area contributed by atoms with E-state index in [4.69, 9.17) is 0 Å². The standard InChI is InChI=1S/C12H22N4/c1-9-11(6-7-13-3)10(2)15-12(14-9)8-16(4)5/h13H,6-8H2,1-5H3. The molecule has 0 aromatic carbocycles. The Bertz CT molecular complexity index is 324. The quantitative estimate of drug-likeness (QED) is 0.804. The van der Waals surface area contributed by atoms with E-state index in [9.17, 15) is 0 Å². The number of hydrogen-bond donors (Lipinski definition) is 1. The van der Waals surface area contributed by atoms with Gasteiger partial charge in [-0.3, -0.25) is 0 Å². The lowest BCUT2D eigenvalue weighted by Crippen LogP contribution is -2.17. The fourth-order valence-electron chi connectivity index (χ4n) is 1.77. The van der Waals surface area contributed by atoms with Crippen molar-refractivity contribution in [2.45, 2.75) is 26.8 Å². The van der Waals surface area contributed by atoms with E-state index in [-0.39, 0.29) is 0 Å². The lowest BCUT2D eigenvalue weighted by atomic mass is 10.1. The SMILES string of the molecule is CNCCc1c(C)nc(CN(C)C)nc1C. The number of hydrogen-bond acceptors (Lipinski definition) is 4. The Labute approximate surface area is 98.1 Å². The van der Waals surface area contributed by atoms with Crippen LogP contribution in [0.2, 0.25) is 0 Å². The molecule has 0 aliphatic heterocycles. The highest BCUT2D eigenvalue weighted by Gasteiger charge is 2.08. The van der Waals surface area contributed by atoms with Crippen molar-refractivity contribution in [3.63, 3.8) is 0 Å². The minimum atomic E-state index is 0.800. The zero-order chi connectivity index (χ0) is 12.1. The molecule has 0 amide bonds. The van der Waals surface area contributed by atoms with Crippen LogP contribution in [0.15, 0.2) is 0 Å². The maximum atomic E-state index is 4.55. The van der Waals surface area contributed by atoms with Crippen molar-refractivity contribution in [3.05, 3.63) is 22.8 Å². The first kappa shape index (κ1) is 13.1. The van der Waals surface area contributed by atoms with E-state index in [2.05, 4.69) is 34.0 Å². The predicted octanol–water partition coefficient (Wildman–Crippen LogP) is 0.917. The van der Waals surface area contributed by atoms with E-state index in [1.807, 2.05) is 21.1 Å². The lowest BCUT2D eigenvalue weighted by Gasteiger charge is -2.13. The minimum absolute atomic E-state index is 0.800. The van der Waals surface area contributed by atoms with Crippen LogP contribution in [0.25, 0.3) is 0 Å². The van der Waals surface area contributed by atoms with E-state index in [1.165, 1.54) is 5.56 Å². The number of aromatic nitrogens is 2. The second kappa shape index (κ2) is 5.92. The van der Waals surface area contributed by atoms with Gasteiger partial charge in [-0.05, 0) is 53.5 Å². The summed E-state index contributed by atoms with van der Waals surface area (Å²) in [6, 6.07) is 0. The molecule has 16 heavy (non-hydrogen) atoms. The van der Waals surface area contributed by atoms with Gasteiger partial charge in [-0.1, -0.05) is 0 Å². The Balaban J connectivity index is 2.89. The molecule has 0 spiro atoms. The average molecular weight is 222 g/mol. The molecule has 0 bridgehead atoms. The number of aryl methyl sites for hydroxylation is 2. The van der Waals surface area contributed by atoms with Crippen LogP contribution in [0, 0.1) is 13.8 Å². The third-order valence-corrected chi connectivity index (χ3v) is 2.55. The molecule has 0 saturated carbocycles. The van der Waals surface area contributed by atoms with Crippen LogP contribution in [0.3, 0.4) is 0 Å². The second-order valence-corrected chi connectivity index (χ2v) is 4.38. The van der Waals surface area contributed by atoms with Crippen molar-refractivity contribution in [2.75, 3.05) is 27.7 Å². The molecule has 0 atom stereocenters. The van der Waals surface area contributed by atoms with Crippen molar-refractivity contribution in [1.29, 1.82) is 0 Å². The van der Waals surface area contributed by atoms with Gasteiger partial charge in [0.05, 0.1) is 6.54 Å². The van der Waals surface area contributed by atoms with Gasteiger partial charge in [0.25, 0.3) is 0 Å². The molecule has 0 aliphatic carbocycles.